The number of hydrogen-bond donors (Lipinski definition) is 2. The number of anilines is 2. The van der Waals surface area contributed by atoms with E-state index >= 15 is 0 Å². The van der Waals surface area contributed by atoms with E-state index in [1.165, 1.54) is 6.07 Å². The van der Waals surface area contributed by atoms with Crippen molar-refractivity contribution >= 4 is 28.9 Å². The lowest BCUT2D eigenvalue weighted by Crippen LogP contribution is -2.10. The zero-order valence-corrected chi connectivity index (χ0v) is 11.8. The summed E-state index contributed by atoms with van der Waals surface area (Å²) < 4.78 is 0. The summed E-state index contributed by atoms with van der Waals surface area (Å²) in [6.07, 6.45) is 0.325. The number of allylic oxidation sites excluding steroid dienone is 2. The minimum atomic E-state index is -0.322. The van der Waals surface area contributed by atoms with E-state index in [1.807, 2.05) is 0 Å². The Kier molecular flexibility index (Phi) is 5.77. The molecule has 0 saturated heterocycles. The molecule has 1 aromatic rings. The van der Waals surface area contributed by atoms with Crippen molar-refractivity contribution in [3.8, 4) is 18.2 Å². The maximum absolute atomic E-state index is 11.3. The fourth-order valence-corrected chi connectivity index (χ4v) is 1.59. The largest absolute Gasteiger partial charge is 0.345 e. The summed E-state index contributed by atoms with van der Waals surface area (Å²) in [6, 6.07) is 9.61. The smallest absolute Gasteiger partial charge is 0.224 e. The summed E-state index contributed by atoms with van der Waals surface area (Å²) in [5.74, 6) is -0.175. The zero-order chi connectivity index (χ0) is 15.8. The van der Waals surface area contributed by atoms with Gasteiger partial charge in [-0.2, -0.15) is 15.8 Å². The number of carbonyl (C=O) groups is 1. The second kappa shape index (κ2) is 7.55. The first-order chi connectivity index (χ1) is 10.0. The molecule has 1 amide bonds. The lowest BCUT2D eigenvalue weighted by Gasteiger charge is -2.09. The highest BCUT2D eigenvalue weighted by Crippen LogP contribution is 2.26. The van der Waals surface area contributed by atoms with Crippen LogP contribution in [0.5, 0.6) is 0 Å². The number of amides is 1. The van der Waals surface area contributed by atoms with Gasteiger partial charge in [0, 0.05) is 12.1 Å². The highest BCUT2D eigenvalue weighted by atomic mass is 35.5. The van der Waals surface area contributed by atoms with E-state index in [0.717, 1.165) is 0 Å². The molecule has 0 aliphatic rings. The van der Waals surface area contributed by atoms with Gasteiger partial charge in [0.1, 0.15) is 23.9 Å². The van der Waals surface area contributed by atoms with Gasteiger partial charge >= 0.3 is 0 Å². The van der Waals surface area contributed by atoms with Crippen LogP contribution in [-0.2, 0) is 4.79 Å². The topological polar surface area (TPSA) is 112 Å². The molecule has 6 nitrogen and oxygen atoms in total. The summed E-state index contributed by atoms with van der Waals surface area (Å²) in [5.41, 5.74) is 0.379. The summed E-state index contributed by atoms with van der Waals surface area (Å²) in [4.78, 5) is 11.3. The monoisotopic (exact) mass is 299 g/mol. The van der Waals surface area contributed by atoms with Crippen LogP contribution in [0.4, 0.5) is 11.4 Å². The number of halogens is 1. The molecule has 0 radical (unpaired) electrons. The molecule has 21 heavy (non-hydrogen) atoms. The summed E-state index contributed by atoms with van der Waals surface area (Å²) in [7, 11) is 0. The van der Waals surface area contributed by atoms with Crippen molar-refractivity contribution in [2.45, 2.75) is 13.3 Å². The molecule has 0 heterocycles. The zero-order valence-electron chi connectivity index (χ0n) is 11.1. The summed E-state index contributed by atoms with van der Waals surface area (Å²) in [5, 5.41) is 31.9. The Morgan fingerprint density at radius 2 is 1.86 bits per heavy atom. The van der Waals surface area contributed by atoms with E-state index in [-0.39, 0.29) is 22.2 Å². The van der Waals surface area contributed by atoms with Gasteiger partial charge in [0.25, 0.3) is 0 Å². The van der Waals surface area contributed by atoms with Gasteiger partial charge < -0.3 is 10.6 Å². The molecule has 0 aromatic heterocycles. The molecule has 0 bridgehead atoms. The van der Waals surface area contributed by atoms with Crippen LogP contribution < -0.4 is 10.6 Å². The van der Waals surface area contributed by atoms with Crippen molar-refractivity contribution in [2.24, 2.45) is 0 Å². The molecule has 2 N–H and O–H groups in total. The Morgan fingerprint density at radius 1 is 1.19 bits per heavy atom. The van der Waals surface area contributed by atoms with Crippen LogP contribution in [0.25, 0.3) is 0 Å². The number of rotatable bonds is 4. The third kappa shape index (κ3) is 4.24. The average molecular weight is 300 g/mol. The van der Waals surface area contributed by atoms with Crippen LogP contribution >= 0.6 is 11.6 Å². The predicted molar refractivity (Wildman–Crippen MR) is 77.9 cm³/mol. The molecule has 0 spiro atoms. The Balaban J connectivity index is 3.04. The highest BCUT2D eigenvalue weighted by molar-refractivity contribution is 6.34. The summed E-state index contributed by atoms with van der Waals surface area (Å²) in [6.45, 7) is 1.72. The van der Waals surface area contributed by atoms with Crippen LogP contribution in [0.3, 0.4) is 0 Å². The van der Waals surface area contributed by atoms with E-state index in [1.54, 1.807) is 37.3 Å². The average Bonchev–Trinajstić information content (AvgIpc) is 2.49. The first-order valence-corrected chi connectivity index (χ1v) is 6.24. The summed E-state index contributed by atoms with van der Waals surface area (Å²) >= 11 is 6.02. The lowest BCUT2D eigenvalue weighted by molar-refractivity contribution is -0.115. The molecule has 0 aliphatic carbocycles. The van der Waals surface area contributed by atoms with Crippen LogP contribution in [0.2, 0.25) is 5.02 Å². The Bertz CT molecular complexity index is 702. The number of nitrogens with one attached hydrogen (secondary N) is 2. The first-order valence-electron chi connectivity index (χ1n) is 5.86. The second-order valence-electron chi connectivity index (χ2n) is 3.81. The molecule has 1 aromatic carbocycles. The molecular formula is C14H10ClN5O. The van der Waals surface area contributed by atoms with Crippen molar-refractivity contribution in [1.82, 2.24) is 0 Å². The van der Waals surface area contributed by atoms with E-state index in [0.29, 0.717) is 17.8 Å². The van der Waals surface area contributed by atoms with Gasteiger partial charge in [-0.1, -0.05) is 18.5 Å². The number of benzene rings is 1. The molecule has 0 atom stereocenters. The van der Waals surface area contributed by atoms with Gasteiger partial charge in [-0.25, -0.2) is 0 Å². The molecule has 104 valence electrons. The van der Waals surface area contributed by atoms with E-state index in [4.69, 9.17) is 27.4 Å². The Morgan fingerprint density at radius 3 is 2.33 bits per heavy atom. The lowest BCUT2D eigenvalue weighted by atomic mass is 10.2. The molecule has 0 fully saturated rings. The maximum Gasteiger partial charge on any atom is 0.224 e. The van der Waals surface area contributed by atoms with Gasteiger partial charge in [-0.3, -0.25) is 4.79 Å². The number of carbonyl (C=O) groups excluding carboxylic acids is 1. The van der Waals surface area contributed by atoms with Crippen molar-refractivity contribution < 1.29 is 4.79 Å². The van der Waals surface area contributed by atoms with Crippen LogP contribution in [-0.4, -0.2) is 5.91 Å². The van der Waals surface area contributed by atoms with Gasteiger partial charge in [0.2, 0.25) is 5.91 Å². The van der Waals surface area contributed by atoms with Crippen molar-refractivity contribution in [2.75, 3.05) is 10.6 Å². The standard InChI is InChI=1S/C14H10ClN5O/c1-2-14(21)20-12-4-3-10(5-11(12)15)19-13(8-18)9(6-16)7-17/h3-5,19H,2H2,1H3,(H,20,21). The molecular weight excluding hydrogens is 290 g/mol. The Hall–Kier alpha value is -3.01. The van der Waals surface area contributed by atoms with Gasteiger partial charge in [0.05, 0.1) is 10.7 Å². The van der Waals surface area contributed by atoms with Gasteiger partial charge in [-0.05, 0) is 18.2 Å². The van der Waals surface area contributed by atoms with Crippen LogP contribution in [0.1, 0.15) is 13.3 Å². The van der Waals surface area contributed by atoms with E-state index < -0.39 is 0 Å². The van der Waals surface area contributed by atoms with Gasteiger partial charge in [0.15, 0.2) is 5.57 Å². The maximum atomic E-state index is 11.3. The van der Waals surface area contributed by atoms with E-state index in [9.17, 15) is 4.79 Å². The minimum Gasteiger partial charge on any atom is -0.345 e. The highest BCUT2D eigenvalue weighted by Gasteiger charge is 2.09. The van der Waals surface area contributed by atoms with Gasteiger partial charge in [-0.15, -0.1) is 0 Å². The quantitative estimate of drug-likeness (QED) is 0.830. The predicted octanol–water partition coefficient (Wildman–Crippen LogP) is 2.93. The third-order valence-corrected chi connectivity index (χ3v) is 2.73. The SMILES string of the molecule is CCC(=O)Nc1ccc(NC(C#N)=C(C#N)C#N)cc1Cl. The fraction of sp³-hybridized carbons (Fsp3) is 0.143. The van der Waals surface area contributed by atoms with E-state index in [2.05, 4.69) is 10.6 Å². The third-order valence-electron chi connectivity index (χ3n) is 2.42. The number of nitrogens with zero attached hydrogens (tertiary/aromatic N) is 3. The van der Waals surface area contributed by atoms with Crippen molar-refractivity contribution in [1.29, 1.82) is 15.8 Å². The molecule has 0 saturated carbocycles. The molecule has 7 heteroatoms. The van der Waals surface area contributed by atoms with Crippen molar-refractivity contribution in [3.63, 3.8) is 0 Å². The normalized spacial score (nSPS) is 8.71. The number of nitriles is 3. The fourth-order valence-electron chi connectivity index (χ4n) is 1.36. The second-order valence-corrected chi connectivity index (χ2v) is 4.21. The minimum absolute atomic E-state index is 0.165. The first kappa shape index (κ1) is 16.0. The number of hydrogen-bond acceptors (Lipinski definition) is 5. The molecule has 0 unspecified atom stereocenters. The van der Waals surface area contributed by atoms with Crippen LogP contribution in [0.15, 0.2) is 29.5 Å². The molecule has 0 aliphatic heterocycles. The Labute approximate surface area is 126 Å². The van der Waals surface area contributed by atoms with Crippen molar-refractivity contribution in [3.05, 3.63) is 34.5 Å². The molecule has 1 rings (SSSR count). The van der Waals surface area contributed by atoms with Crippen LogP contribution in [0, 0.1) is 34.0 Å².